The second-order valence-electron chi connectivity index (χ2n) is 3.71. The van der Waals surface area contributed by atoms with E-state index in [9.17, 15) is 0 Å². The fraction of sp³-hybridized carbons (Fsp3) is 0.0909. The quantitative estimate of drug-likeness (QED) is 0.452. The molecule has 0 aliphatic heterocycles. The number of anilines is 1. The lowest BCUT2D eigenvalue weighted by atomic mass is 10.2. The van der Waals surface area contributed by atoms with Gasteiger partial charge in [0.15, 0.2) is 5.84 Å². The Balaban J connectivity index is 2.48. The molecule has 0 radical (unpaired) electrons. The van der Waals surface area contributed by atoms with Crippen LogP contribution >= 0.6 is 15.9 Å². The molecule has 1 aromatic carbocycles. The van der Waals surface area contributed by atoms with Gasteiger partial charge in [0.25, 0.3) is 0 Å². The molecule has 96 valence electrons. The number of nitrogens with zero attached hydrogens (tertiary/aromatic N) is 4. The van der Waals surface area contributed by atoms with E-state index in [0.717, 1.165) is 15.5 Å². The highest BCUT2D eigenvalue weighted by molar-refractivity contribution is 9.10. The minimum absolute atomic E-state index is 0.168. The molecule has 0 saturated heterocycles. The Kier molecular flexibility index (Phi) is 3.48. The van der Waals surface area contributed by atoms with Crippen LogP contribution < -0.4 is 11.2 Å². The van der Waals surface area contributed by atoms with Gasteiger partial charge in [-0.05, 0) is 28.1 Å². The smallest absolute Gasteiger partial charge is 0.201 e. The molecule has 0 spiro atoms. The molecule has 0 amide bonds. The third kappa shape index (κ3) is 2.41. The number of nitrogens with two attached hydrogens (primary N) is 1. The predicted octanol–water partition coefficient (Wildman–Crippen LogP) is 1.56. The first-order valence-electron chi connectivity index (χ1n) is 5.24. The lowest BCUT2D eigenvalue weighted by molar-refractivity contribution is 0.789. The maximum absolute atomic E-state index is 8.78. The number of aryl methyl sites for hydroxylation is 1. The first kappa shape index (κ1) is 13.0. The number of fused-ring (bicyclic) bond motifs is 1. The molecule has 0 aliphatic rings. The van der Waals surface area contributed by atoms with Crippen molar-refractivity contribution in [3.8, 4) is 6.07 Å². The highest BCUT2D eigenvalue weighted by Crippen LogP contribution is 2.28. The lowest BCUT2D eigenvalue weighted by Crippen LogP contribution is -2.21. The van der Waals surface area contributed by atoms with E-state index in [1.165, 1.54) is 0 Å². The molecule has 7 nitrogen and oxygen atoms in total. The second-order valence-corrected chi connectivity index (χ2v) is 4.46. The van der Waals surface area contributed by atoms with Crippen LogP contribution in [0.15, 0.2) is 27.9 Å². The monoisotopic (exact) mass is 319 g/mol. The van der Waals surface area contributed by atoms with Gasteiger partial charge in [-0.2, -0.15) is 15.5 Å². The summed E-state index contributed by atoms with van der Waals surface area (Å²) >= 11 is 3.37. The zero-order chi connectivity index (χ0) is 14.0. The molecule has 1 aromatic heterocycles. The minimum Gasteiger partial charge on any atom is -0.382 e. The van der Waals surface area contributed by atoms with Gasteiger partial charge in [0, 0.05) is 12.4 Å². The molecule has 0 unspecified atom stereocenters. The van der Waals surface area contributed by atoms with Crippen LogP contribution in [0.4, 0.5) is 5.69 Å². The molecule has 0 aliphatic carbocycles. The molecule has 19 heavy (non-hydrogen) atoms. The van der Waals surface area contributed by atoms with E-state index in [1.54, 1.807) is 23.9 Å². The van der Waals surface area contributed by atoms with Gasteiger partial charge >= 0.3 is 0 Å². The van der Waals surface area contributed by atoms with Crippen molar-refractivity contribution in [1.29, 1.82) is 10.7 Å². The van der Waals surface area contributed by atoms with Crippen molar-refractivity contribution in [2.24, 2.45) is 17.9 Å². The molecule has 4 N–H and O–H groups in total. The Morgan fingerprint density at radius 1 is 1.63 bits per heavy atom. The zero-order valence-corrected chi connectivity index (χ0v) is 11.6. The van der Waals surface area contributed by atoms with E-state index in [-0.39, 0.29) is 11.5 Å². The number of nitrogens with one attached hydrogen (secondary N) is 2. The summed E-state index contributed by atoms with van der Waals surface area (Å²) in [7, 11) is 1.80. The van der Waals surface area contributed by atoms with Crippen molar-refractivity contribution in [3.63, 3.8) is 0 Å². The fourth-order valence-corrected chi connectivity index (χ4v) is 2.20. The maximum atomic E-state index is 8.78. The molecule has 0 saturated carbocycles. The number of rotatable bonds is 3. The van der Waals surface area contributed by atoms with E-state index < -0.39 is 0 Å². The van der Waals surface area contributed by atoms with E-state index in [2.05, 4.69) is 31.6 Å². The molecule has 8 heteroatoms. The van der Waals surface area contributed by atoms with Gasteiger partial charge in [0.1, 0.15) is 10.7 Å². The average Bonchev–Trinajstić information content (AvgIpc) is 2.66. The van der Waals surface area contributed by atoms with Crippen LogP contribution in [0.5, 0.6) is 0 Å². The Morgan fingerprint density at radius 3 is 3.00 bits per heavy atom. The van der Waals surface area contributed by atoms with Gasteiger partial charge in [-0.1, -0.05) is 6.07 Å². The molecule has 1 heterocycles. The normalized spacial score (nSPS) is 11.3. The van der Waals surface area contributed by atoms with Crippen LogP contribution in [0.1, 0.15) is 0 Å². The number of hydrogen-bond acceptors (Lipinski definition) is 5. The van der Waals surface area contributed by atoms with E-state index in [0.29, 0.717) is 5.69 Å². The van der Waals surface area contributed by atoms with Gasteiger partial charge in [-0.3, -0.25) is 15.5 Å². The van der Waals surface area contributed by atoms with Gasteiger partial charge in [-0.15, -0.1) is 0 Å². The van der Waals surface area contributed by atoms with Gasteiger partial charge < -0.3 is 5.73 Å². The third-order valence-electron chi connectivity index (χ3n) is 2.47. The van der Waals surface area contributed by atoms with Crippen molar-refractivity contribution in [3.05, 3.63) is 22.8 Å². The van der Waals surface area contributed by atoms with Crippen molar-refractivity contribution < 1.29 is 0 Å². The maximum Gasteiger partial charge on any atom is 0.201 e. The number of aromatic nitrogens is 2. The number of amidine groups is 1. The van der Waals surface area contributed by atoms with Crippen LogP contribution in [0.2, 0.25) is 0 Å². The lowest BCUT2D eigenvalue weighted by Gasteiger charge is -2.04. The van der Waals surface area contributed by atoms with Crippen LogP contribution in [0, 0.1) is 16.7 Å². The summed E-state index contributed by atoms with van der Waals surface area (Å²) in [6.07, 6.45) is 0. The molecule has 0 bridgehead atoms. The first-order chi connectivity index (χ1) is 9.04. The number of nitriles is 1. The summed E-state index contributed by atoms with van der Waals surface area (Å²) in [4.78, 5) is 0. The fourth-order valence-electron chi connectivity index (χ4n) is 1.65. The largest absolute Gasteiger partial charge is 0.382 e. The van der Waals surface area contributed by atoms with Crippen LogP contribution in [-0.2, 0) is 7.05 Å². The summed E-state index contributed by atoms with van der Waals surface area (Å²) in [5, 5.41) is 24.9. The molecule has 2 aromatic rings. The zero-order valence-electron chi connectivity index (χ0n) is 9.98. The number of para-hydroxylation sites is 1. The minimum atomic E-state index is -0.381. The van der Waals surface area contributed by atoms with Gasteiger partial charge in [-0.25, -0.2) is 0 Å². The molecule has 0 atom stereocenters. The average molecular weight is 320 g/mol. The van der Waals surface area contributed by atoms with Crippen LogP contribution in [-0.4, -0.2) is 21.3 Å². The van der Waals surface area contributed by atoms with Crippen molar-refractivity contribution >= 4 is 44.1 Å². The first-order valence-corrected chi connectivity index (χ1v) is 6.03. The third-order valence-corrected chi connectivity index (χ3v) is 3.05. The van der Waals surface area contributed by atoms with Crippen molar-refractivity contribution in [2.75, 3.05) is 5.43 Å². The summed E-state index contributed by atoms with van der Waals surface area (Å²) in [5.41, 5.74) is 9.30. The summed E-state index contributed by atoms with van der Waals surface area (Å²) < 4.78 is 2.42. The predicted molar refractivity (Wildman–Crippen MR) is 77.0 cm³/mol. The van der Waals surface area contributed by atoms with E-state index >= 15 is 0 Å². The Bertz CT molecular complexity index is 722. The van der Waals surface area contributed by atoms with E-state index in [1.807, 2.05) is 12.1 Å². The number of hydrazone groups is 1. The van der Waals surface area contributed by atoms with Crippen molar-refractivity contribution in [2.45, 2.75) is 0 Å². The molecular formula is C11H10BrN7. The SMILES string of the molecule is Cn1nc(Br)c2cccc(N/N=C(\C#N)C(=N)N)c21. The summed E-state index contributed by atoms with van der Waals surface area (Å²) in [6.45, 7) is 0. The standard InChI is InChI=1S/C11H10BrN7/c1-19-9-6(10(12)18-19)3-2-4-7(9)16-17-8(5-13)11(14)15/h2-4,16H,1H3,(H3,14,15)/b17-8+. The number of benzene rings is 1. The van der Waals surface area contributed by atoms with Gasteiger partial charge in [0.05, 0.1) is 11.2 Å². The number of hydrogen-bond donors (Lipinski definition) is 3. The molecule has 0 fully saturated rings. The van der Waals surface area contributed by atoms with Crippen LogP contribution in [0.3, 0.4) is 0 Å². The summed E-state index contributed by atoms with van der Waals surface area (Å²) in [6, 6.07) is 7.30. The topological polar surface area (TPSA) is 116 Å². The Hall–Kier alpha value is -2.40. The molecular weight excluding hydrogens is 310 g/mol. The highest BCUT2D eigenvalue weighted by Gasteiger charge is 2.10. The Labute approximate surface area is 117 Å². The summed E-state index contributed by atoms with van der Waals surface area (Å²) in [5.74, 6) is -0.381. The second kappa shape index (κ2) is 5.07. The van der Waals surface area contributed by atoms with Crippen LogP contribution in [0.25, 0.3) is 10.9 Å². The number of halogens is 1. The highest BCUT2D eigenvalue weighted by atomic mass is 79.9. The van der Waals surface area contributed by atoms with Crippen molar-refractivity contribution in [1.82, 2.24) is 9.78 Å². The Morgan fingerprint density at radius 2 is 2.37 bits per heavy atom. The van der Waals surface area contributed by atoms with Gasteiger partial charge in [0.2, 0.25) is 5.71 Å². The van der Waals surface area contributed by atoms with E-state index in [4.69, 9.17) is 16.4 Å². The molecule has 2 rings (SSSR count).